The van der Waals surface area contributed by atoms with Crippen LogP contribution in [0.15, 0.2) is 0 Å². The van der Waals surface area contributed by atoms with Crippen molar-refractivity contribution >= 4 is 23.7 Å². The highest BCUT2D eigenvalue weighted by Gasteiger charge is 2.48. The second-order valence-corrected chi connectivity index (χ2v) is 16.2. The van der Waals surface area contributed by atoms with Crippen molar-refractivity contribution in [3.63, 3.8) is 0 Å². The fraction of sp³-hybridized carbons (Fsp3) is 0.909. The lowest BCUT2D eigenvalue weighted by Gasteiger charge is -2.47. The van der Waals surface area contributed by atoms with E-state index >= 15 is 0 Å². The summed E-state index contributed by atoms with van der Waals surface area (Å²) in [4.78, 5) is 51.5. The monoisotopic (exact) mass is 798 g/mol. The summed E-state index contributed by atoms with van der Waals surface area (Å²) in [5, 5.41) is 45.9. The average molecular weight is 798 g/mol. The zero-order valence-corrected chi connectivity index (χ0v) is 35.5. The van der Waals surface area contributed by atoms with E-state index in [1.807, 2.05) is 0 Å². The molecule has 0 aliphatic carbocycles. The molecular weight excluding hydrogens is 714 g/mol. The van der Waals surface area contributed by atoms with Crippen LogP contribution in [0.4, 0.5) is 0 Å². The Kier molecular flexibility index (Phi) is 32.1. The van der Waals surface area contributed by atoms with E-state index in [0.29, 0.717) is 32.2 Å². The molecule has 6 N–H and O–H groups in total. The Hall–Kier alpha value is -2.28. The van der Waals surface area contributed by atoms with Crippen molar-refractivity contribution in [2.24, 2.45) is 0 Å². The van der Waals surface area contributed by atoms with Gasteiger partial charge in [0.15, 0.2) is 6.23 Å². The van der Waals surface area contributed by atoms with E-state index in [9.17, 15) is 34.5 Å². The molecule has 12 nitrogen and oxygen atoms in total. The van der Waals surface area contributed by atoms with Crippen LogP contribution in [0, 0.1) is 0 Å². The number of aliphatic carboxylic acids is 1. The average Bonchev–Trinajstić information content (AvgIpc) is 3.18. The minimum absolute atomic E-state index is 0.0420. The molecule has 0 radical (unpaired) electrons. The second kappa shape index (κ2) is 34.7. The number of rotatable bonds is 37. The van der Waals surface area contributed by atoms with Gasteiger partial charge in [-0.05, 0) is 25.7 Å². The maximum atomic E-state index is 13.9. The number of amides is 3. The van der Waals surface area contributed by atoms with Crippen molar-refractivity contribution in [2.45, 2.75) is 237 Å². The van der Waals surface area contributed by atoms with Gasteiger partial charge in [-0.25, -0.2) is 0 Å². The Morgan fingerprint density at radius 2 is 0.982 bits per heavy atom. The maximum Gasteiger partial charge on any atom is 0.303 e. The minimum Gasteiger partial charge on any atom is -0.481 e. The first-order valence-electron chi connectivity index (χ1n) is 22.9. The standard InChI is InChI=1S/C44H83N3O9/c1-3-5-7-9-11-13-15-16-17-18-19-20-22-24-26-31-39(51)47(33-29-25-23-21-14-12-10-8-6-4-2)44-41(43(55)42(54)36(35-48)56-44)46-38(50)34-45-37(49)30-27-28-32-40(52)53/h36,41-44,48,54-55H,3-35H2,1-2H3,(H,45,49)(H,46,50)(H,52,53)/t36-,41-,42-,43-,44-/m1/s1. The van der Waals surface area contributed by atoms with Crippen molar-refractivity contribution in [3.8, 4) is 0 Å². The molecule has 0 saturated carbocycles. The van der Waals surface area contributed by atoms with Crippen LogP contribution < -0.4 is 10.6 Å². The highest BCUT2D eigenvalue weighted by molar-refractivity contribution is 5.85. The van der Waals surface area contributed by atoms with Gasteiger partial charge in [0.2, 0.25) is 17.7 Å². The van der Waals surface area contributed by atoms with Gasteiger partial charge in [-0.15, -0.1) is 0 Å². The third kappa shape index (κ3) is 25.2. The fourth-order valence-corrected chi connectivity index (χ4v) is 7.54. The van der Waals surface area contributed by atoms with Crippen molar-refractivity contribution in [1.29, 1.82) is 0 Å². The van der Waals surface area contributed by atoms with Crippen molar-refractivity contribution in [2.75, 3.05) is 19.7 Å². The highest BCUT2D eigenvalue weighted by Crippen LogP contribution is 2.26. The summed E-state index contributed by atoms with van der Waals surface area (Å²) < 4.78 is 6.09. The van der Waals surface area contributed by atoms with Gasteiger partial charge >= 0.3 is 5.97 Å². The molecule has 0 aromatic rings. The van der Waals surface area contributed by atoms with E-state index in [-0.39, 0.29) is 25.2 Å². The van der Waals surface area contributed by atoms with Gasteiger partial charge in [-0.1, -0.05) is 162 Å². The summed E-state index contributed by atoms with van der Waals surface area (Å²) >= 11 is 0. The van der Waals surface area contributed by atoms with E-state index in [0.717, 1.165) is 38.5 Å². The largest absolute Gasteiger partial charge is 0.481 e. The number of aliphatic hydroxyl groups excluding tert-OH is 3. The van der Waals surface area contributed by atoms with Gasteiger partial charge < -0.3 is 40.7 Å². The molecule has 5 atom stereocenters. The third-order valence-corrected chi connectivity index (χ3v) is 11.1. The summed E-state index contributed by atoms with van der Waals surface area (Å²) in [6.45, 7) is 3.83. The molecule has 328 valence electrons. The van der Waals surface area contributed by atoms with Crippen LogP contribution in [-0.2, 0) is 23.9 Å². The highest BCUT2D eigenvalue weighted by atomic mass is 16.5. The molecular formula is C44H83N3O9. The van der Waals surface area contributed by atoms with Gasteiger partial charge in [0.25, 0.3) is 0 Å². The first-order valence-corrected chi connectivity index (χ1v) is 22.9. The number of hydrogen-bond acceptors (Lipinski definition) is 8. The fourth-order valence-electron chi connectivity index (χ4n) is 7.54. The van der Waals surface area contributed by atoms with E-state index in [4.69, 9.17) is 9.84 Å². The predicted octanol–water partition coefficient (Wildman–Crippen LogP) is 7.68. The molecule has 1 heterocycles. The summed E-state index contributed by atoms with van der Waals surface area (Å²) in [5.41, 5.74) is 0. The van der Waals surface area contributed by atoms with E-state index < -0.39 is 61.5 Å². The third-order valence-electron chi connectivity index (χ3n) is 11.1. The van der Waals surface area contributed by atoms with Crippen molar-refractivity contribution in [1.82, 2.24) is 15.5 Å². The lowest BCUT2D eigenvalue weighted by molar-refractivity contribution is -0.231. The van der Waals surface area contributed by atoms with E-state index in [1.54, 1.807) is 4.90 Å². The number of nitrogens with zero attached hydrogens (tertiary/aromatic N) is 1. The molecule has 0 aromatic heterocycles. The predicted molar refractivity (Wildman–Crippen MR) is 222 cm³/mol. The number of carbonyl (C=O) groups excluding carboxylic acids is 3. The number of carboxylic acid groups (broad SMARTS) is 1. The minimum atomic E-state index is -1.53. The summed E-state index contributed by atoms with van der Waals surface area (Å²) in [5.74, 6) is -2.14. The Balaban J connectivity index is 2.75. The normalized spacial score (nSPS) is 19.5. The topological polar surface area (TPSA) is 186 Å². The molecule has 0 bridgehead atoms. The lowest BCUT2D eigenvalue weighted by atomic mass is 9.94. The first-order chi connectivity index (χ1) is 27.2. The number of hydrogen-bond donors (Lipinski definition) is 6. The number of ether oxygens (including phenoxy) is 1. The summed E-state index contributed by atoms with van der Waals surface area (Å²) in [6.07, 6.45) is 25.3. The van der Waals surface area contributed by atoms with Crippen molar-refractivity contribution < 1.29 is 44.3 Å². The lowest BCUT2D eigenvalue weighted by Crippen LogP contribution is -2.69. The number of nitrogens with one attached hydrogen (secondary N) is 2. The van der Waals surface area contributed by atoms with Gasteiger partial charge in [-0.2, -0.15) is 0 Å². The number of aliphatic hydroxyl groups is 3. The Labute approximate surface area is 339 Å². The van der Waals surface area contributed by atoms with Crippen LogP contribution in [0.3, 0.4) is 0 Å². The molecule has 12 heteroatoms. The van der Waals surface area contributed by atoms with Crippen LogP contribution in [0.5, 0.6) is 0 Å². The summed E-state index contributed by atoms with van der Waals surface area (Å²) in [6, 6.07) is -1.19. The Morgan fingerprint density at radius 1 is 0.554 bits per heavy atom. The quantitative estimate of drug-likeness (QED) is 0.0343. The van der Waals surface area contributed by atoms with Crippen LogP contribution >= 0.6 is 0 Å². The molecule has 3 amide bonds. The van der Waals surface area contributed by atoms with Gasteiger partial charge in [0.1, 0.15) is 24.4 Å². The molecule has 1 saturated heterocycles. The number of unbranched alkanes of at least 4 members (excludes halogenated alkanes) is 24. The molecule has 0 spiro atoms. The maximum absolute atomic E-state index is 13.9. The number of carbonyl (C=O) groups is 4. The van der Waals surface area contributed by atoms with Crippen LogP contribution in [0.2, 0.25) is 0 Å². The molecule has 1 rings (SSSR count). The molecule has 0 unspecified atom stereocenters. The SMILES string of the molecule is CCCCCCCCCCCCCCCCCC(=O)N(CCCCCCCCCCCC)[C@@H]1O[C@H](CO)[C@@H](O)[C@H](O)[C@H]1NC(=O)CNC(=O)CCCCC(=O)O. The smallest absolute Gasteiger partial charge is 0.303 e. The second-order valence-electron chi connectivity index (χ2n) is 16.2. The molecule has 1 fully saturated rings. The van der Waals surface area contributed by atoms with E-state index in [1.165, 1.54) is 109 Å². The Bertz CT molecular complexity index is 1020. The number of carboxylic acids is 1. The zero-order chi connectivity index (χ0) is 41.2. The van der Waals surface area contributed by atoms with Gasteiger partial charge in [0.05, 0.1) is 13.2 Å². The molecule has 1 aliphatic heterocycles. The summed E-state index contributed by atoms with van der Waals surface area (Å²) in [7, 11) is 0. The van der Waals surface area contributed by atoms with E-state index in [2.05, 4.69) is 24.5 Å². The Morgan fingerprint density at radius 3 is 1.45 bits per heavy atom. The van der Waals surface area contributed by atoms with Crippen LogP contribution in [-0.4, -0.2) is 99.3 Å². The van der Waals surface area contributed by atoms with Crippen LogP contribution in [0.1, 0.15) is 206 Å². The van der Waals surface area contributed by atoms with Crippen LogP contribution in [0.25, 0.3) is 0 Å². The van der Waals surface area contributed by atoms with Gasteiger partial charge in [-0.3, -0.25) is 19.2 Å². The van der Waals surface area contributed by atoms with Gasteiger partial charge in [0, 0.05) is 25.8 Å². The molecule has 1 aliphatic rings. The first kappa shape index (κ1) is 51.7. The molecule has 56 heavy (non-hydrogen) atoms. The van der Waals surface area contributed by atoms with Crippen molar-refractivity contribution in [3.05, 3.63) is 0 Å². The molecule has 0 aromatic carbocycles. The zero-order valence-electron chi connectivity index (χ0n) is 35.5.